The molecule has 1 heterocycles. The average molecular weight is 548 g/mol. The SMILES string of the molecule is CC.FC(F)OC1=CCCC=C1c1cc2nc(Cc3ccc(SCC4CC4)cc3)[nH]c2cc1Cl.NC=O. The molecule has 0 atom stereocenters. The van der Waals surface area contributed by atoms with Crippen molar-refractivity contribution in [2.24, 2.45) is 11.7 Å². The van der Waals surface area contributed by atoms with Crippen molar-refractivity contribution in [1.29, 1.82) is 0 Å². The van der Waals surface area contributed by atoms with Crippen molar-refractivity contribution < 1.29 is 18.3 Å². The van der Waals surface area contributed by atoms with Crippen LogP contribution in [-0.4, -0.2) is 28.7 Å². The zero-order valence-electron chi connectivity index (χ0n) is 21.0. The first kappa shape index (κ1) is 28.7. The smallest absolute Gasteiger partial charge is 0.387 e. The molecule has 2 aliphatic rings. The molecule has 0 unspecified atom stereocenters. The fourth-order valence-corrected chi connectivity index (χ4v) is 5.23. The summed E-state index contributed by atoms with van der Waals surface area (Å²) in [5.74, 6) is 3.12. The molecule has 1 saturated carbocycles. The Labute approximate surface area is 225 Å². The quantitative estimate of drug-likeness (QED) is 0.223. The molecule has 0 aliphatic heterocycles. The van der Waals surface area contributed by atoms with E-state index in [1.807, 2.05) is 37.8 Å². The maximum atomic E-state index is 12.8. The first-order chi connectivity index (χ1) is 18.0. The first-order valence-corrected chi connectivity index (χ1v) is 13.7. The number of allylic oxidation sites excluding steroid dienone is 3. The Morgan fingerprint density at radius 2 is 1.86 bits per heavy atom. The number of benzene rings is 2. The van der Waals surface area contributed by atoms with Crippen LogP contribution in [0.3, 0.4) is 0 Å². The number of rotatable bonds is 8. The lowest BCUT2D eigenvalue weighted by molar-refractivity contribution is -0.106. The third kappa shape index (κ3) is 8.33. The van der Waals surface area contributed by atoms with Crippen LogP contribution in [0.4, 0.5) is 8.78 Å². The predicted octanol–water partition coefficient (Wildman–Crippen LogP) is 7.74. The topological polar surface area (TPSA) is 81.0 Å². The summed E-state index contributed by atoms with van der Waals surface area (Å²) in [4.78, 5) is 17.9. The molecule has 0 radical (unpaired) electrons. The summed E-state index contributed by atoms with van der Waals surface area (Å²) in [5.41, 5.74) is 8.16. The number of ether oxygens (including phenoxy) is 1. The van der Waals surface area contributed by atoms with Crippen LogP contribution in [0.1, 0.15) is 56.5 Å². The largest absolute Gasteiger partial charge is 0.435 e. The standard InChI is InChI=1S/C25H23ClF2N2OS.C2H6.CH3NO/c26-20-13-22-21(12-19(20)18-3-1-2-4-23(18)31-25(27)28)29-24(30-22)11-15-7-9-17(10-8-15)32-14-16-5-6-16;1-2;2-1-3/h3-4,7-10,12-13,16,25H,1-2,5-6,11,14H2,(H,29,30);1-2H3;1H,(H2,2,3). The van der Waals surface area contributed by atoms with Crippen molar-refractivity contribution in [2.45, 2.75) is 57.5 Å². The number of H-pyrrole nitrogens is 1. The molecule has 3 N–H and O–H groups in total. The number of alkyl halides is 2. The van der Waals surface area contributed by atoms with Gasteiger partial charge in [0.05, 0.1) is 16.1 Å². The number of nitrogens with two attached hydrogens (primary N) is 1. The Morgan fingerprint density at radius 1 is 1.19 bits per heavy atom. The zero-order chi connectivity index (χ0) is 26.8. The van der Waals surface area contributed by atoms with E-state index in [0.29, 0.717) is 29.0 Å². The number of aromatic nitrogens is 2. The molecule has 0 bridgehead atoms. The molecule has 9 heteroatoms. The molecule has 2 aliphatic carbocycles. The summed E-state index contributed by atoms with van der Waals surface area (Å²) >= 11 is 8.45. The highest BCUT2D eigenvalue weighted by atomic mass is 35.5. The number of hydrogen-bond donors (Lipinski definition) is 2. The number of thioether (sulfide) groups is 1. The van der Waals surface area contributed by atoms with Crippen LogP contribution in [0.25, 0.3) is 16.6 Å². The van der Waals surface area contributed by atoms with Gasteiger partial charge in [-0.05, 0) is 67.5 Å². The number of primary amides is 1. The van der Waals surface area contributed by atoms with Crippen molar-refractivity contribution in [3.8, 4) is 0 Å². The average Bonchev–Trinajstić information content (AvgIpc) is 3.64. The number of imidazole rings is 1. The van der Waals surface area contributed by atoms with Gasteiger partial charge in [-0.3, -0.25) is 4.79 Å². The third-order valence-corrected chi connectivity index (χ3v) is 7.27. The van der Waals surface area contributed by atoms with E-state index in [2.05, 4.69) is 35.0 Å². The van der Waals surface area contributed by atoms with Gasteiger partial charge in [-0.2, -0.15) is 8.78 Å². The highest BCUT2D eigenvalue weighted by Gasteiger charge is 2.21. The third-order valence-electron chi connectivity index (χ3n) is 5.71. The molecule has 3 aromatic rings. The number of carbonyl (C=O) groups is 1. The van der Waals surface area contributed by atoms with Crippen molar-refractivity contribution >= 4 is 46.4 Å². The van der Waals surface area contributed by atoms with Gasteiger partial charge in [-0.25, -0.2) is 4.98 Å². The van der Waals surface area contributed by atoms with Gasteiger partial charge in [0.15, 0.2) is 0 Å². The molecule has 0 spiro atoms. The van der Waals surface area contributed by atoms with Crippen molar-refractivity contribution in [3.05, 3.63) is 76.3 Å². The minimum atomic E-state index is -2.87. The van der Waals surface area contributed by atoms with Gasteiger partial charge >= 0.3 is 6.61 Å². The Bertz CT molecular complexity index is 1240. The maximum Gasteiger partial charge on any atom is 0.387 e. The minimum absolute atomic E-state index is 0.169. The molecular formula is C28H32ClF2N3O2S. The fourth-order valence-electron chi connectivity index (χ4n) is 3.87. The van der Waals surface area contributed by atoms with Gasteiger partial charge < -0.3 is 15.5 Å². The Kier molecular flexibility index (Phi) is 11.0. The Hall–Kier alpha value is -2.84. The van der Waals surface area contributed by atoms with Gasteiger partial charge in [0.25, 0.3) is 0 Å². The molecular weight excluding hydrogens is 516 g/mol. The van der Waals surface area contributed by atoms with E-state index >= 15 is 0 Å². The number of halogens is 3. The number of carbonyl (C=O) groups excluding carboxylic acids is 1. The van der Waals surface area contributed by atoms with E-state index < -0.39 is 6.61 Å². The van der Waals surface area contributed by atoms with Crippen molar-refractivity contribution in [3.63, 3.8) is 0 Å². The van der Waals surface area contributed by atoms with E-state index in [4.69, 9.17) is 26.1 Å². The molecule has 2 aromatic carbocycles. The van der Waals surface area contributed by atoms with E-state index in [0.717, 1.165) is 29.2 Å². The number of hydrogen-bond acceptors (Lipinski definition) is 4. The molecule has 1 fully saturated rings. The predicted molar refractivity (Wildman–Crippen MR) is 148 cm³/mol. The fraction of sp³-hybridized carbons (Fsp3) is 0.357. The molecule has 37 heavy (non-hydrogen) atoms. The van der Waals surface area contributed by atoms with Crippen LogP contribution >= 0.6 is 23.4 Å². The molecule has 198 valence electrons. The van der Waals surface area contributed by atoms with Crippen LogP contribution in [0, 0.1) is 5.92 Å². The second-order valence-electron chi connectivity index (χ2n) is 8.39. The van der Waals surface area contributed by atoms with Gasteiger partial charge in [0.2, 0.25) is 6.41 Å². The number of fused-ring (bicyclic) bond motifs is 1. The van der Waals surface area contributed by atoms with Gasteiger partial charge in [-0.15, -0.1) is 11.8 Å². The van der Waals surface area contributed by atoms with Crippen LogP contribution in [0.2, 0.25) is 5.02 Å². The highest BCUT2D eigenvalue weighted by molar-refractivity contribution is 7.99. The number of amides is 1. The van der Waals surface area contributed by atoms with Crippen molar-refractivity contribution in [2.75, 3.05) is 5.75 Å². The normalized spacial score (nSPS) is 14.6. The summed E-state index contributed by atoms with van der Waals surface area (Å²) in [6, 6.07) is 12.3. The molecule has 1 amide bonds. The van der Waals surface area contributed by atoms with E-state index in [1.54, 1.807) is 12.1 Å². The second-order valence-corrected chi connectivity index (χ2v) is 9.89. The summed E-state index contributed by atoms with van der Waals surface area (Å²) in [6.07, 6.45) is 8.66. The van der Waals surface area contributed by atoms with E-state index in [1.165, 1.54) is 29.1 Å². The second kappa shape index (κ2) is 14.2. The number of nitrogens with zero attached hydrogens (tertiary/aromatic N) is 1. The monoisotopic (exact) mass is 547 g/mol. The number of nitrogens with one attached hydrogen (secondary N) is 1. The summed E-state index contributed by atoms with van der Waals surface area (Å²) < 4.78 is 30.4. The lowest BCUT2D eigenvalue weighted by atomic mass is 9.97. The first-order valence-electron chi connectivity index (χ1n) is 12.4. The van der Waals surface area contributed by atoms with Gasteiger partial charge in [-0.1, -0.05) is 43.7 Å². The highest BCUT2D eigenvalue weighted by Crippen LogP contribution is 2.37. The minimum Gasteiger partial charge on any atom is -0.435 e. The maximum absolute atomic E-state index is 12.8. The van der Waals surface area contributed by atoms with Crippen LogP contribution in [0.15, 0.2) is 59.2 Å². The molecule has 0 saturated heterocycles. The van der Waals surface area contributed by atoms with E-state index in [9.17, 15) is 8.78 Å². The molecule has 5 rings (SSSR count). The van der Waals surface area contributed by atoms with E-state index in [-0.39, 0.29) is 12.2 Å². The van der Waals surface area contributed by atoms with Gasteiger partial charge in [0.1, 0.15) is 11.6 Å². The number of aromatic amines is 1. The Balaban J connectivity index is 0.000000711. The molecule has 5 nitrogen and oxygen atoms in total. The van der Waals surface area contributed by atoms with Crippen LogP contribution < -0.4 is 5.73 Å². The van der Waals surface area contributed by atoms with Crippen LogP contribution in [-0.2, 0) is 16.0 Å². The van der Waals surface area contributed by atoms with Gasteiger partial charge in [0, 0.05) is 28.2 Å². The lowest BCUT2D eigenvalue weighted by Gasteiger charge is -2.18. The van der Waals surface area contributed by atoms with Crippen LogP contribution in [0.5, 0.6) is 0 Å². The summed E-state index contributed by atoms with van der Waals surface area (Å²) in [7, 11) is 0. The molecule has 1 aromatic heterocycles. The van der Waals surface area contributed by atoms with Crippen molar-refractivity contribution in [1.82, 2.24) is 9.97 Å². The summed E-state index contributed by atoms with van der Waals surface area (Å²) in [6.45, 7) is 1.13. The Morgan fingerprint density at radius 3 is 2.51 bits per heavy atom. The lowest BCUT2D eigenvalue weighted by Crippen LogP contribution is -2.04. The summed E-state index contributed by atoms with van der Waals surface area (Å²) in [5, 5.41) is 0.474. The zero-order valence-corrected chi connectivity index (χ0v) is 22.5.